The fraction of sp³-hybridized carbons (Fsp3) is 0.0714. The fourth-order valence-corrected chi connectivity index (χ4v) is 2.16. The lowest BCUT2D eigenvalue weighted by atomic mass is 10.3. The summed E-state index contributed by atoms with van der Waals surface area (Å²) >= 11 is 0. The number of fused-ring (bicyclic) bond motifs is 1. The molecule has 19 heavy (non-hydrogen) atoms. The molecule has 0 aliphatic carbocycles. The van der Waals surface area contributed by atoms with E-state index in [0.717, 1.165) is 4.57 Å². The van der Waals surface area contributed by atoms with Gasteiger partial charge in [-0.2, -0.15) is 0 Å². The van der Waals surface area contributed by atoms with Crippen LogP contribution in [0.25, 0.3) is 16.9 Å². The van der Waals surface area contributed by atoms with E-state index in [2.05, 4.69) is 4.98 Å². The van der Waals surface area contributed by atoms with Gasteiger partial charge in [-0.25, -0.2) is 18.9 Å². The van der Waals surface area contributed by atoms with Crippen molar-refractivity contribution in [2.24, 2.45) is 0 Å². The molecule has 0 radical (unpaired) electrons. The van der Waals surface area contributed by atoms with E-state index in [0.29, 0.717) is 16.9 Å². The zero-order valence-electron chi connectivity index (χ0n) is 10.3. The van der Waals surface area contributed by atoms with E-state index in [1.165, 1.54) is 11.5 Å². The van der Waals surface area contributed by atoms with Crippen molar-refractivity contribution < 1.29 is 4.79 Å². The highest BCUT2D eigenvalue weighted by molar-refractivity contribution is 5.89. The summed E-state index contributed by atoms with van der Waals surface area (Å²) in [6, 6.07) is 12.5. The smallest absolute Gasteiger partial charge is 0.274 e. The second-order valence-electron chi connectivity index (χ2n) is 4.15. The normalized spacial score (nSPS) is 10.8. The molecule has 0 N–H and O–H groups in total. The van der Waals surface area contributed by atoms with E-state index in [9.17, 15) is 9.59 Å². The van der Waals surface area contributed by atoms with E-state index in [-0.39, 0.29) is 5.91 Å². The second kappa shape index (κ2) is 4.20. The molecule has 0 atom stereocenters. The molecule has 0 spiro atoms. The van der Waals surface area contributed by atoms with Crippen molar-refractivity contribution >= 4 is 16.9 Å². The molecule has 0 unspecified atom stereocenters. The first-order valence-corrected chi connectivity index (χ1v) is 5.85. The molecule has 94 valence electrons. The highest BCUT2D eigenvalue weighted by atomic mass is 16.2. The van der Waals surface area contributed by atoms with Gasteiger partial charge in [0.25, 0.3) is 0 Å². The Hall–Kier alpha value is -2.69. The van der Waals surface area contributed by atoms with Crippen LogP contribution in [0.3, 0.4) is 0 Å². The number of pyridine rings is 1. The zero-order valence-corrected chi connectivity index (χ0v) is 10.3. The van der Waals surface area contributed by atoms with Crippen molar-refractivity contribution in [3.05, 3.63) is 59.1 Å². The third kappa shape index (κ3) is 1.67. The van der Waals surface area contributed by atoms with Crippen LogP contribution in [0.2, 0.25) is 0 Å². The van der Waals surface area contributed by atoms with Crippen LogP contribution in [0.15, 0.2) is 53.5 Å². The number of hydrogen-bond acceptors (Lipinski definition) is 3. The monoisotopic (exact) mass is 253 g/mol. The van der Waals surface area contributed by atoms with Crippen molar-refractivity contribution in [3.8, 4) is 5.82 Å². The number of carbonyl (C=O) groups excluding carboxylic acids is 1. The lowest BCUT2D eigenvalue weighted by molar-refractivity contribution is 0.0937. The predicted molar refractivity (Wildman–Crippen MR) is 71.6 cm³/mol. The fourth-order valence-electron chi connectivity index (χ4n) is 2.16. The molecule has 0 saturated heterocycles. The highest BCUT2D eigenvalue weighted by Gasteiger charge is 2.16. The SMILES string of the molecule is CC(=O)n1c(=O)n(-c2ccccn2)c2ccccc21. The van der Waals surface area contributed by atoms with Gasteiger partial charge in [-0.05, 0) is 24.3 Å². The maximum atomic E-state index is 12.4. The second-order valence-corrected chi connectivity index (χ2v) is 4.15. The van der Waals surface area contributed by atoms with Crippen LogP contribution in [0.4, 0.5) is 0 Å². The summed E-state index contributed by atoms with van der Waals surface area (Å²) in [4.78, 5) is 28.2. The van der Waals surface area contributed by atoms with E-state index in [1.807, 2.05) is 6.07 Å². The topological polar surface area (TPSA) is 56.9 Å². The number of benzene rings is 1. The largest absolute Gasteiger partial charge is 0.341 e. The molecule has 2 heterocycles. The van der Waals surface area contributed by atoms with E-state index < -0.39 is 5.69 Å². The molecule has 3 aromatic rings. The molecule has 0 aliphatic heterocycles. The zero-order chi connectivity index (χ0) is 13.4. The Balaban J connectivity index is 2.47. The summed E-state index contributed by atoms with van der Waals surface area (Å²) in [5, 5.41) is 0. The predicted octanol–water partition coefficient (Wildman–Crippen LogP) is 1.85. The average Bonchev–Trinajstić information content (AvgIpc) is 2.71. The summed E-state index contributed by atoms with van der Waals surface area (Å²) in [5.41, 5.74) is 0.861. The molecule has 0 fully saturated rings. The Bertz CT molecular complexity index is 816. The molecule has 2 aromatic heterocycles. The first kappa shape index (κ1) is 11.4. The van der Waals surface area contributed by atoms with Crippen LogP contribution >= 0.6 is 0 Å². The number of hydrogen-bond donors (Lipinski definition) is 0. The maximum Gasteiger partial charge on any atom is 0.341 e. The minimum atomic E-state index is -0.396. The molecular formula is C14H11N3O2. The van der Waals surface area contributed by atoms with E-state index >= 15 is 0 Å². The summed E-state index contributed by atoms with van der Waals surface area (Å²) in [7, 11) is 0. The van der Waals surface area contributed by atoms with Crippen LogP contribution in [-0.2, 0) is 0 Å². The van der Waals surface area contributed by atoms with E-state index in [4.69, 9.17) is 0 Å². The van der Waals surface area contributed by atoms with E-state index in [1.54, 1.807) is 42.6 Å². The quantitative estimate of drug-likeness (QED) is 0.665. The van der Waals surface area contributed by atoms with Crippen LogP contribution < -0.4 is 5.69 Å². The summed E-state index contributed by atoms with van der Waals surface area (Å²) < 4.78 is 2.60. The molecule has 5 heteroatoms. The van der Waals surface area contributed by atoms with Crippen molar-refractivity contribution in [1.29, 1.82) is 0 Å². The van der Waals surface area contributed by atoms with Gasteiger partial charge in [0.2, 0.25) is 5.91 Å². The van der Waals surface area contributed by atoms with Gasteiger partial charge < -0.3 is 0 Å². The summed E-state index contributed by atoms with van der Waals surface area (Å²) in [6.07, 6.45) is 1.61. The van der Waals surface area contributed by atoms with Crippen molar-refractivity contribution in [1.82, 2.24) is 14.1 Å². The van der Waals surface area contributed by atoms with Gasteiger partial charge in [0.05, 0.1) is 11.0 Å². The first-order valence-electron chi connectivity index (χ1n) is 5.85. The number of para-hydroxylation sites is 2. The summed E-state index contributed by atoms with van der Waals surface area (Å²) in [6.45, 7) is 1.37. The van der Waals surface area contributed by atoms with Crippen LogP contribution in [-0.4, -0.2) is 20.0 Å². The van der Waals surface area contributed by atoms with Crippen molar-refractivity contribution in [2.75, 3.05) is 0 Å². The molecule has 3 rings (SSSR count). The first-order chi connectivity index (χ1) is 9.20. The van der Waals surface area contributed by atoms with Crippen LogP contribution in [0.5, 0.6) is 0 Å². The molecule has 0 amide bonds. The molecular weight excluding hydrogens is 242 g/mol. The molecule has 5 nitrogen and oxygen atoms in total. The van der Waals surface area contributed by atoms with Gasteiger partial charge in [0.1, 0.15) is 5.82 Å². The number of nitrogens with zero attached hydrogens (tertiary/aromatic N) is 3. The summed E-state index contributed by atoms with van der Waals surface area (Å²) in [5.74, 6) is 0.194. The van der Waals surface area contributed by atoms with Gasteiger partial charge in [-0.15, -0.1) is 0 Å². The van der Waals surface area contributed by atoms with Gasteiger partial charge in [0, 0.05) is 13.1 Å². The standard InChI is InChI=1S/C14H11N3O2/c1-10(18)16-11-6-2-3-7-12(11)17(14(16)19)13-8-4-5-9-15-13/h2-9H,1H3. The number of carbonyl (C=O) groups is 1. The Kier molecular flexibility index (Phi) is 2.52. The Morgan fingerprint density at radius 1 is 1.05 bits per heavy atom. The van der Waals surface area contributed by atoms with Gasteiger partial charge in [-0.1, -0.05) is 18.2 Å². The molecule has 1 aromatic carbocycles. The van der Waals surface area contributed by atoms with Gasteiger partial charge in [0.15, 0.2) is 0 Å². The third-order valence-electron chi connectivity index (χ3n) is 2.94. The molecule has 0 saturated carbocycles. The van der Waals surface area contributed by atoms with Gasteiger partial charge in [-0.3, -0.25) is 4.79 Å². The van der Waals surface area contributed by atoms with Crippen LogP contribution in [0, 0.1) is 0 Å². The number of rotatable bonds is 1. The number of imidazole rings is 1. The van der Waals surface area contributed by atoms with Crippen molar-refractivity contribution in [2.45, 2.75) is 6.92 Å². The molecule has 0 aliphatic rings. The third-order valence-corrected chi connectivity index (χ3v) is 2.94. The Morgan fingerprint density at radius 3 is 2.37 bits per heavy atom. The van der Waals surface area contributed by atoms with Crippen LogP contribution in [0.1, 0.15) is 11.7 Å². The molecule has 0 bridgehead atoms. The van der Waals surface area contributed by atoms with Gasteiger partial charge >= 0.3 is 5.69 Å². The minimum Gasteiger partial charge on any atom is -0.274 e. The Morgan fingerprint density at radius 2 is 1.74 bits per heavy atom. The number of aromatic nitrogens is 3. The average molecular weight is 253 g/mol. The maximum absolute atomic E-state index is 12.4. The Labute approximate surface area is 108 Å². The minimum absolute atomic E-state index is 0.309. The van der Waals surface area contributed by atoms with Crippen molar-refractivity contribution in [3.63, 3.8) is 0 Å². The highest BCUT2D eigenvalue weighted by Crippen LogP contribution is 2.15. The lowest BCUT2D eigenvalue weighted by Crippen LogP contribution is -2.27. The lowest BCUT2D eigenvalue weighted by Gasteiger charge is -2.00.